The highest BCUT2D eigenvalue weighted by Crippen LogP contribution is 2.32. The van der Waals surface area contributed by atoms with Crippen LogP contribution in [0.15, 0.2) is 71.1 Å². The summed E-state index contributed by atoms with van der Waals surface area (Å²) in [5.74, 6) is 0.130. The quantitative estimate of drug-likeness (QED) is 0.422. The molecule has 2 N–H and O–H groups in total. The van der Waals surface area contributed by atoms with E-state index < -0.39 is 0 Å². The topological polar surface area (TPSA) is 67.2 Å². The Morgan fingerprint density at radius 2 is 1.86 bits per heavy atom. The minimum absolute atomic E-state index is 0.181. The molecule has 4 rings (SSSR count). The summed E-state index contributed by atoms with van der Waals surface area (Å²) < 4.78 is 5.85. The van der Waals surface area contributed by atoms with Gasteiger partial charge in [-0.3, -0.25) is 10.1 Å². The first-order valence-corrected chi connectivity index (χ1v) is 9.63. The number of anilines is 1. The second kappa shape index (κ2) is 8.03. The summed E-state index contributed by atoms with van der Waals surface area (Å²) in [5, 5.41) is 6.33. The van der Waals surface area contributed by atoms with Crippen LogP contribution in [-0.2, 0) is 0 Å². The van der Waals surface area contributed by atoms with E-state index in [1.54, 1.807) is 42.5 Å². The summed E-state index contributed by atoms with van der Waals surface area (Å²) in [7, 11) is 0. The number of benzene rings is 3. The second-order valence-electron chi connectivity index (χ2n) is 6.46. The van der Waals surface area contributed by atoms with Gasteiger partial charge < -0.3 is 9.73 Å². The highest BCUT2D eigenvalue weighted by atomic mass is 35.5. The molecule has 0 saturated heterocycles. The minimum Gasteiger partial charge on any atom is -0.436 e. The van der Waals surface area contributed by atoms with Crippen molar-refractivity contribution < 1.29 is 9.21 Å². The van der Waals surface area contributed by atoms with Gasteiger partial charge in [0.15, 0.2) is 10.7 Å². The number of rotatable bonds is 3. The average Bonchev–Trinajstić information content (AvgIpc) is 3.13. The van der Waals surface area contributed by atoms with E-state index in [4.69, 9.17) is 28.2 Å². The normalized spacial score (nSPS) is 10.7. The van der Waals surface area contributed by atoms with Gasteiger partial charge in [-0.15, -0.1) is 0 Å². The lowest BCUT2D eigenvalue weighted by Gasteiger charge is -2.11. The molecule has 0 bridgehead atoms. The Kier molecular flexibility index (Phi) is 5.29. The number of thiocarbonyl (C=S) groups is 1. The van der Waals surface area contributed by atoms with Crippen molar-refractivity contribution in [2.75, 3.05) is 5.32 Å². The smallest absolute Gasteiger partial charge is 0.257 e. The van der Waals surface area contributed by atoms with Gasteiger partial charge in [-0.05, 0) is 67.2 Å². The van der Waals surface area contributed by atoms with Gasteiger partial charge in [-0.2, -0.15) is 0 Å². The second-order valence-corrected chi connectivity index (χ2v) is 7.27. The summed E-state index contributed by atoms with van der Waals surface area (Å²) in [6, 6.07) is 19.9. The maximum atomic E-state index is 12.2. The molecular formula is C22H16ClN3O2S. The Morgan fingerprint density at radius 3 is 2.66 bits per heavy atom. The first-order chi connectivity index (χ1) is 14.0. The van der Waals surface area contributed by atoms with Gasteiger partial charge in [0.05, 0.1) is 10.6 Å². The van der Waals surface area contributed by atoms with E-state index in [-0.39, 0.29) is 11.0 Å². The van der Waals surface area contributed by atoms with Crippen LogP contribution in [0, 0.1) is 6.92 Å². The maximum Gasteiger partial charge on any atom is 0.257 e. The van der Waals surface area contributed by atoms with Crippen LogP contribution >= 0.6 is 23.8 Å². The summed E-state index contributed by atoms with van der Waals surface area (Å²) in [6.07, 6.45) is 0. The van der Waals surface area contributed by atoms with Crippen LogP contribution in [0.25, 0.3) is 22.6 Å². The number of hydrogen-bond acceptors (Lipinski definition) is 4. The number of hydrogen-bond donors (Lipinski definition) is 2. The van der Waals surface area contributed by atoms with E-state index in [0.29, 0.717) is 33.3 Å². The molecule has 7 heteroatoms. The summed E-state index contributed by atoms with van der Waals surface area (Å²) in [4.78, 5) is 16.8. The molecule has 0 aliphatic heterocycles. The number of carbonyl (C=O) groups is 1. The number of aryl methyl sites for hydroxylation is 1. The predicted octanol–water partition coefficient (Wildman–Crippen LogP) is 5.58. The molecule has 4 aromatic rings. The molecule has 0 atom stereocenters. The zero-order valence-electron chi connectivity index (χ0n) is 15.4. The van der Waals surface area contributed by atoms with Gasteiger partial charge in [0.1, 0.15) is 5.52 Å². The molecule has 0 radical (unpaired) electrons. The van der Waals surface area contributed by atoms with E-state index in [2.05, 4.69) is 15.6 Å². The van der Waals surface area contributed by atoms with Crippen molar-refractivity contribution in [1.29, 1.82) is 0 Å². The SMILES string of the molecule is Cc1ccc2oc(-c3cc(NC(=S)NC(=O)c4ccccc4)ccc3Cl)nc2c1. The Labute approximate surface area is 177 Å². The van der Waals surface area contributed by atoms with Crippen molar-refractivity contribution in [3.05, 3.63) is 82.9 Å². The highest BCUT2D eigenvalue weighted by Gasteiger charge is 2.14. The summed E-state index contributed by atoms with van der Waals surface area (Å²) >= 11 is 11.6. The third kappa shape index (κ3) is 4.29. The molecule has 0 spiro atoms. The van der Waals surface area contributed by atoms with E-state index in [0.717, 1.165) is 11.1 Å². The molecule has 29 heavy (non-hydrogen) atoms. The van der Waals surface area contributed by atoms with E-state index >= 15 is 0 Å². The third-order valence-corrected chi connectivity index (χ3v) is 4.79. The first kappa shape index (κ1) is 19.1. The van der Waals surface area contributed by atoms with Gasteiger partial charge in [0.2, 0.25) is 5.89 Å². The van der Waals surface area contributed by atoms with Crippen molar-refractivity contribution in [3.63, 3.8) is 0 Å². The van der Waals surface area contributed by atoms with Gasteiger partial charge in [0.25, 0.3) is 5.91 Å². The Balaban J connectivity index is 1.54. The van der Waals surface area contributed by atoms with Gasteiger partial charge in [-0.25, -0.2) is 4.98 Å². The molecule has 0 aliphatic rings. The van der Waals surface area contributed by atoms with Crippen LogP contribution < -0.4 is 10.6 Å². The number of carbonyl (C=O) groups excluding carboxylic acids is 1. The van der Waals surface area contributed by atoms with Gasteiger partial charge in [-0.1, -0.05) is 35.9 Å². The number of amides is 1. The lowest BCUT2D eigenvalue weighted by molar-refractivity contribution is 0.0977. The molecule has 0 fully saturated rings. The van der Waals surface area contributed by atoms with Crippen molar-refractivity contribution >= 4 is 51.6 Å². The van der Waals surface area contributed by atoms with Crippen LogP contribution in [-0.4, -0.2) is 16.0 Å². The van der Waals surface area contributed by atoms with Crippen molar-refractivity contribution in [2.45, 2.75) is 6.92 Å². The van der Waals surface area contributed by atoms with Crippen molar-refractivity contribution in [3.8, 4) is 11.5 Å². The fourth-order valence-corrected chi connectivity index (χ4v) is 3.26. The monoisotopic (exact) mass is 421 g/mol. The van der Waals surface area contributed by atoms with Crippen molar-refractivity contribution in [2.24, 2.45) is 0 Å². The highest BCUT2D eigenvalue weighted by molar-refractivity contribution is 7.80. The first-order valence-electron chi connectivity index (χ1n) is 8.84. The van der Waals surface area contributed by atoms with Crippen LogP contribution in [0.5, 0.6) is 0 Å². The predicted molar refractivity (Wildman–Crippen MR) is 119 cm³/mol. The van der Waals surface area contributed by atoms with Crippen LogP contribution in [0.1, 0.15) is 15.9 Å². The van der Waals surface area contributed by atoms with Crippen LogP contribution in [0.3, 0.4) is 0 Å². The Bertz CT molecular complexity index is 1220. The molecule has 1 amide bonds. The lowest BCUT2D eigenvalue weighted by Crippen LogP contribution is -2.34. The summed E-state index contributed by atoms with van der Waals surface area (Å²) in [5.41, 5.74) is 4.35. The van der Waals surface area contributed by atoms with Gasteiger partial charge >= 0.3 is 0 Å². The zero-order chi connectivity index (χ0) is 20.4. The molecule has 5 nitrogen and oxygen atoms in total. The molecule has 0 unspecified atom stereocenters. The molecule has 0 aliphatic carbocycles. The lowest BCUT2D eigenvalue weighted by atomic mass is 10.2. The third-order valence-electron chi connectivity index (χ3n) is 4.26. The largest absolute Gasteiger partial charge is 0.436 e. The minimum atomic E-state index is -0.286. The van der Waals surface area contributed by atoms with E-state index in [1.807, 2.05) is 31.2 Å². The fraction of sp³-hybridized carbons (Fsp3) is 0.0455. The molecular weight excluding hydrogens is 406 g/mol. The average molecular weight is 422 g/mol. The molecule has 1 aromatic heterocycles. The maximum absolute atomic E-state index is 12.2. The fourth-order valence-electron chi connectivity index (χ4n) is 2.85. The standard InChI is InChI=1S/C22H16ClN3O2S/c1-13-7-10-19-18(11-13)25-21(28-19)16-12-15(8-9-17(16)23)24-22(29)26-20(27)14-5-3-2-4-6-14/h2-12H,1H3,(H2,24,26,27,29). The Hall–Kier alpha value is -3.22. The number of oxazole rings is 1. The molecule has 1 heterocycles. The number of nitrogens with one attached hydrogen (secondary N) is 2. The number of aromatic nitrogens is 1. The molecule has 144 valence electrons. The van der Waals surface area contributed by atoms with E-state index in [1.165, 1.54) is 0 Å². The summed E-state index contributed by atoms with van der Waals surface area (Å²) in [6.45, 7) is 2.00. The van der Waals surface area contributed by atoms with Crippen molar-refractivity contribution in [1.82, 2.24) is 10.3 Å². The van der Waals surface area contributed by atoms with Crippen LogP contribution in [0.2, 0.25) is 5.02 Å². The molecule has 0 saturated carbocycles. The van der Waals surface area contributed by atoms with Crippen LogP contribution in [0.4, 0.5) is 5.69 Å². The van der Waals surface area contributed by atoms with E-state index in [9.17, 15) is 4.79 Å². The molecule has 3 aromatic carbocycles. The number of nitrogens with zero attached hydrogens (tertiary/aromatic N) is 1. The van der Waals surface area contributed by atoms with Gasteiger partial charge in [0, 0.05) is 11.3 Å². The number of halogens is 1. The number of fused-ring (bicyclic) bond motifs is 1. The zero-order valence-corrected chi connectivity index (χ0v) is 17.0. The Morgan fingerprint density at radius 1 is 1.07 bits per heavy atom.